The number of aromatic nitrogens is 4. The van der Waals surface area contributed by atoms with E-state index in [1.807, 2.05) is 41.8 Å². The van der Waals surface area contributed by atoms with Crippen LogP contribution in [-0.4, -0.2) is 31.6 Å². The predicted molar refractivity (Wildman–Crippen MR) is 106 cm³/mol. The Kier molecular flexibility index (Phi) is 5.76. The summed E-state index contributed by atoms with van der Waals surface area (Å²) in [4.78, 5) is 12.1. The molecule has 0 atom stereocenters. The van der Waals surface area contributed by atoms with Crippen LogP contribution in [0.25, 0.3) is 22.9 Å². The lowest BCUT2D eigenvalue weighted by atomic mass is 10.2. The van der Waals surface area contributed by atoms with Gasteiger partial charge in [-0.25, -0.2) is 0 Å². The minimum atomic E-state index is -0.371. The Bertz CT molecular complexity index is 1070. The number of esters is 1. The molecule has 0 spiro atoms. The molecule has 3 aromatic heterocycles. The highest BCUT2D eigenvalue weighted by Crippen LogP contribution is 2.24. The van der Waals surface area contributed by atoms with E-state index < -0.39 is 0 Å². The van der Waals surface area contributed by atoms with Crippen molar-refractivity contribution >= 4 is 17.7 Å². The van der Waals surface area contributed by atoms with Crippen LogP contribution in [0.3, 0.4) is 0 Å². The van der Waals surface area contributed by atoms with E-state index in [-0.39, 0.29) is 18.3 Å². The first-order chi connectivity index (χ1) is 14.2. The maximum absolute atomic E-state index is 12.1. The molecule has 8 nitrogen and oxygen atoms in total. The van der Waals surface area contributed by atoms with Crippen LogP contribution in [0, 0.1) is 0 Å². The van der Waals surface area contributed by atoms with Crippen LogP contribution in [0.1, 0.15) is 12.6 Å². The maximum atomic E-state index is 12.1. The number of furan rings is 1. The van der Waals surface area contributed by atoms with Crippen molar-refractivity contribution in [2.45, 2.75) is 25.2 Å². The molecule has 0 aliphatic carbocycles. The van der Waals surface area contributed by atoms with Gasteiger partial charge in [0.1, 0.15) is 12.3 Å². The van der Waals surface area contributed by atoms with E-state index in [0.717, 1.165) is 11.4 Å². The van der Waals surface area contributed by atoms with Crippen molar-refractivity contribution < 1.29 is 18.5 Å². The van der Waals surface area contributed by atoms with E-state index in [1.54, 1.807) is 24.5 Å². The van der Waals surface area contributed by atoms with Gasteiger partial charge in [0.2, 0.25) is 5.76 Å². The van der Waals surface area contributed by atoms with Gasteiger partial charge in [0.05, 0.1) is 12.0 Å². The van der Waals surface area contributed by atoms with Crippen molar-refractivity contribution in [3.05, 3.63) is 60.5 Å². The molecule has 1 aromatic carbocycles. The first kappa shape index (κ1) is 19.0. The molecule has 3 heterocycles. The summed E-state index contributed by atoms with van der Waals surface area (Å²) in [7, 11) is 0. The van der Waals surface area contributed by atoms with Crippen LogP contribution in [0.2, 0.25) is 0 Å². The molecule has 0 unspecified atom stereocenters. The lowest BCUT2D eigenvalue weighted by Crippen LogP contribution is -2.08. The molecule has 4 aromatic rings. The number of hydrogen-bond donors (Lipinski definition) is 0. The number of rotatable bonds is 8. The van der Waals surface area contributed by atoms with Gasteiger partial charge in [0.25, 0.3) is 0 Å². The minimum Gasteiger partial charge on any atom is -0.461 e. The zero-order valence-corrected chi connectivity index (χ0v) is 16.5. The number of ether oxygens (including phenoxy) is 1. The SMILES string of the molecule is CCn1c(SCC(=O)OCc2cc(-c3ccco3)on2)nnc1-c1ccccc1. The van der Waals surface area contributed by atoms with Crippen LogP contribution in [0.4, 0.5) is 0 Å². The van der Waals surface area contributed by atoms with Gasteiger partial charge in [-0.1, -0.05) is 47.3 Å². The van der Waals surface area contributed by atoms with Crippen molar-refractivity contribution in [2.75, 3.05) is 5.75 Å². The van der Waals surface area contributed by atoms with Crippen molar-refractivity contribution in [1.82, 2.24) is 19.9 Å². The van der Waals surface area contributed by atoms with E-state index in [0.29, 0.717) is 28.9 Å². The summed E-state index contributed by atoms with van der Waals surface area (Å²) in [5, 5.41) is 13.0. The monoisotopic (exact) mass is 410 g/mol. The molecule has 29 heavy (non-hydrogen) atoms. The molecule has 0 aliphatic rings. The summed E-state index contributed by atoms with van der Waals surface area (Å²) in [6, 6.07) is 15.0. The highest BCUT2D eigenvalue weighted by molar-refractivity contribution is 7.99. The quantitative estimate of drug-likeness (QED) is 0.317. The van der Waals surface area contributed by atoms with Crippen LogP contribution in [0.15, 0.2) is 68.9 Å². The first-order valence-electron chi connectivity index (χ1n) is 9.01. The highest BCUT2D eigenvalue weighted by Gasteiger charge is 2.16. The number of nitrogens with zero attached hydrogens (tertiary/aromatic N) is 4. The van der Waals surface area contributed by atoms with E-state index in [4.69, 9.17) is 13.7 Å². The van der Waals surface area contributed by atoms with Gasteiger partial charge in [0, 0.05) is 18.2 Å². The topological polar surface area (TPSA) is 96.2 Å². The Labute approximate surface area is 170 Å². The number of hydrogen-bond acceptors (Lipinski definition) is 8. The minimum absolute atomic E-state index is 0.0271. The fourth-order valence-electron chi connectivity index (χ4n) is 2.72. The second kappa shape index (κ2) is 8.78. The van der Waals surface area contributed by atoms with E-state index in [2.05, 4.69) is 15.4 Å². The Morgan fingerprint density at radius 3 is 2.76 bits per heavy atom. The lowest BCUT2D eigenvalue weighted by molar-refractivity contribution is -0.141. The Hall–Kier alpha value is -3.33. The van der Waals surface area contributed by atoms with Crippen LogP contribution in [0.5, 0.6) is 0 Å². The van der Waals surface area contributed by atoms with Crippen molar-refractivity contribution in [1.29, 1.82) is 0 Å². The van der Waals surface area contributed by atoms with Crippen molar-refractivity contribution in [3.8, 4) is 22.9 Å². The molecule has 0 fully saturated rings. The number of benzene rings is 1. The van der Waals surface area contributed by atoms with Crippen LogP contribution < -0.4 is 0 Å². The first-order valence-corrected chi connectivity index (χ1v) is 9.99. The third-order valence-electron chi connectivity index (χ3n) is 4.09. The molecular formula is C20H18N4O4S. The zero-order valence-electron chi connectivity index (χ0n) is 15.6. The molecule has 0 amide bonds. The summed E-state index contributed by atoms with van der Waals surface area (Å²) in [6.07, 6.45) is 1.55. The molecule has 0 bridgehead atoms. The zero-order chi connectivity index (χ0) is 20.1. The van der Waals surface area contributed by atoms with Gasteiger partial charge < -0.3 is 18.2 Å². The fourth-order valence-corrected chi connectivity index (χ4v) is 3.52. The second-order valence-electron chi connectivity index (χ2n) is 6.03. The van der Waals surface area contributed by atoms with E-state index >= 15 is 0 Å². The highest BCUT2D eigenvalue weighted by atomic mass is 32.2. The fraction of sp³-hybridized carbons (Fsp3) is 0.200. The third-order valence-corrected chi connectivity index (χ3v) is 5.03. The molecule has 9 heteroatoms. The van der Waals surface area contributed by atoms with Gasteiger partial charge in [-0.2, -0.15) is 0 Å². The number of thioether (sulfide) groups is 1. The van der Waals surface area contributed by atoms with E-state index in [9.17, 15) is 4.79 Å². The molecule has 0 saturated carbocycles. The molecule has 0 N–H and O–H groups in total. The van der Waals surface area contributed by atoms with Crippen LogP contribution >= 0.6 is 11.8 Å². The Morgan fingerprint density at radius 2 is 2.00 bits per heavy atom. The molecule has 0 saturated heterocycles. The summed E-state index contributed by atoms with van der Waals surface area (Å²) in [5.41, 5.74) is 1.49. The van der Waals surface area contributed by atoms with Crippen molar-refractivity contribution in [2.24, 2.45) is 0 Å². The smallest absolute Gasteiger partial charge is 0.316 e. The Balaban J connectivity index is 1.33. The standard InChI is InChI=1S/C20H18N4O4S/c1-2-24-19(14-7-4-3-5-8-14)21-22-20(24)29-13-18(25)27-12-15-11-17(28-23-15)16-9-6-10-26-16/h3-11H,2,12-13H2,1H3. The molecular weight excluding hydrogens is 392 g/mol. The van der Waals surface area contributed by atoms with E-state index in [1.165, 1.54) is 11.8 Å². The summed E-state index contributed by atoms with van der Waals surface area (Å²) in [5.74, 6) is 1.58. The predicted octanol–water partition coefficient (Wildman–Crippen LogP) is 4.05. The average Bonchev–Trinajstić information content (AvgIpc) is 3.51. The molecule has 0 radical (unpaired) electrons. The van der Waals surface area contributed by atoms with Gasteiger partial charge in [-0.15, -0.1) is 10.2 Å². The van der Waals surface area contributed by atoms with Gasteiger partial charge in [-0.05, 0) is 19.1 Å². The lowest BCUT2D eigenvalue weighted by Gasteiger charge is -2.07. The second-order valence-corrected chi connectivity index (χ2v) is 6.97. The summed E-state index contributed by atoms with van der Waals surface area (Å²) < 4.78 is 17.7. The largest absolute Gasteiger partial charge is 0.461 e. The molecule has 4 rings (SSSR count). The summed E-state index contributed by atoms with van der Waals surface area (Å²) >= 11 is 1.29. The number of carbonyl (C=O) groups is 1. The Morgan fingerprint density at radius 1 is 1.14 bits per heavy atom. The van der Waals surface area contributed by atoms with Gasteiger partial charge in [-0.3, -0.25) is 4.79 Å². The normalized spacial score (nSPS) is 10.9. The van der Waals surface area contributed by atoms with Crippen molar-refractivity contribution in [3.63, 3.8) is 0 Å². The summed E-state index contributed by atoms with van der Waals surface area (Å²) in [6.45, 7) is 2.74. The molecule has 148 valence electrons. The maximum Gasteiger partial charge on any atom is 0.316 e. The van der Waals surface area contributed by atoms with Gasteiger partial charge in [0.15, 0.2) is 16.7 Å². The van der Waals surface area contributed by atoms with Gasteiger partial charge >= 0.3 is 5.97 Å². The third kappa shape index (κ3) is 4.40. The average molecular weight is 410 g/mol. The number of carbonyl (C=O) groups excluding carboxylic acids is 1. The molecule has 0 aliphatic heterocycles. The van der Waals surface area contributed by atoms with Crippen LogP contribution in [-0.2, 0) is 22.7 Å².